The molecule has 1 heterocycles. The molecule has 0 amide bonds. The van der Waals surface area contributed by atoms with Crippen LogP contribution >= 0.6 is 0 Å². The third-order valence-corrected chi connectivity index (χ3v) is 2.50. The molecule has 0 saturated heterocycles. The summed E-state index contributed by atoms with van der Waals surface area (Å²) in [5.41, 5.74) is 0.987. The van der Waals surface area contributed by atoms with Crippen molar-refractivity contribution in [3.8, 4) is 5.69 Å². The highest BCUT2D eigenvalue weighted by Gasteiger charge is 2.06. The number of aromatic nitrogens is 4. The van der Waals surface area contributed by atoms with Crippen molar-refractivity contribution in [2.24, 2.45) is 5.14 Å². The lowest BCUT2D eigenvalue weighted by Crippen LogP contribution is -2.21. The highest BCUT2D eigenvalue weighted by Crippen LogP contribution is 2.14. The van der Waals surface area contributed by atoms with Crippen LogP contribution in [0.3, 0.4) is 0 Å². The van der Waals surface area contributed by atoms with Gasteiger partial charge in [0, 0.05) is 0 Å². The minimum Gasteiger partial charge on any atom is -0.271 e. The maximum Gasteiger partial charge on any atom is 0.296 e. The molecule has 2 rings (SSSR count). The summed E-state index contributed by atoms with van der Waals surface area (Å²) in [6.07, 6.45) is 0. The van der Waals surface area contributed by atoms with Crippen molar-refractivity contribution in [3.63, 3.8) is 0 Å². The van der Waals surface area contributed by atoms with Gasteiger partial charge < -0.3 is 0 Å². The molecule has 0 bridgehead atoms. The minimum absolute atomic E-state index is 0.347. The number of nitrogens with zero attached hydrogens (tertiary/aromatic N) is 4. The average Bonchev–Trinajstić information content (AvgIpc) is 2.62. The van der Waals surface area contributed by atoms with E-state index in [0.717, 1.165) is 0 Å². The molecule has 0 atom stereocenters. The van der Waals surface area contributed by atoms with Crippen molar-refractivity contribution in [1.82, 2.24) is 20.2 Å². The van der Waals surface area contributed by atoms with Gasteiger partial charge in [-0.05, 0) is 35.5 Å². The van der Waals surface area contributed by atoms with Gasteiger partial charge in [-0.25, -0.2) is 5.14 Å². The summed E-state index contributed by atoms with van der Waals surface area (Å²) in [5.74, 6) is 0.595. The molecule has 0 aliphatic carbocycles. The van der Waals surface area contributed by atoms with Gasteiger partial charge in [-0.15, -0.1) is 5.10 Å². The summed E-state index contributed by atoms with van der Waals surface area (Å²) < 4.78 is 25.4. The molecule has 8 nitrogen and oxygen atoms in total. The van der Waals surface area contributed by atoms with Gasteiger partial charge in [-0.3, -0.25) is 4.72 Å². The van der Waals surface area contributed by atoms with Crippen LogP contribution in [0.2, 0.25) is 0 Å². The number of rotatable bonds is 3. The molecule has 3 N–H and O–H groups in total. The van der Waals surface area contributed by atoms with Gasteiger partial charge in [-0.1, -0.05) is 6.07 Å². The van der Waals surface area contributed by atoms with Crippen molar-refractivity contribution >= 4 is 15.9 Å². The van der Waals surface area contributed by atoms with E-state index in [1.54, 1.807) is 31.2 Å². The molecule has 2 aromatic rings. The first-order chi connectivity index (χ1) is 7.96. The maximum absolute atomic E-state index is 10.9. The predicted molar refractivity (Wildman–Crippen MR) is 60.6 cm³/mol. The van der Waals surface area contributed by atoms with Crippen LogP contribution in [0.15, 0.2) is 24.3 Å². The van der Waals surface area contributed by atoms with Gasteiger partial charge in [0.15, 0.2) is 5.82 Å². The fourth-order valence-electron chi connectivity index (χ4n) is 1.34. The van der Waals surface area contributed by atoms with E-state index in [-0.39, 0.29) is 0 Å². The lowest BCUT2D eigenvalue weighted by Gasteiger charge is -2.06. The molecule has 90 valence electrons. The van der Waals surface area contributed by atoms with E-state index < -0.39 is 10.2 Å². The average molecular weight is 254 g/mol. The summed E-state index contributed by atoms with van der Waals surface area (Å²) in [4.78, 5) is 0. The number of aryl methyl sites for hydroxylation is 1. The van der Waals surface area contributed by atoms with Crippen LogP contribution in [0, 0.1) is 6.92 Å². The lowest BCUT2D eigenvalue weighted by atomic mass is 10.3. The maximum atomic E-state index is 10.9. The van der Waals surface area contributed by atoms with Crippen LogP contribution in [0.25, 0.3) is 5.69 Å². The van der Waals surface area contributed by atoms with Gasteiger partial charge in [0.25, 0.3) is 10.2 Å². The van der Waals surface area contributed by atoms with Crippen LogP contribution in [0.1, 0.15) is 5.82 Å². The van der Waals surface area contributed by atoms with E-state index in [4.69, 9.17) is 5.14 Å². The van der Waals surface area contributed by atoms with Crippen LogP contribution in [0.4, 0.5) is 5.69 Å². The Morgan fingerprint density at radius 1 is 1.41 bits per heavy atom. The first-order valence-electron chi connectivity index (χ1n) is 4.62. The van der Waals surface area contributed by atoms with Gasteiger partial charge in [0.1, 0.15) is 0 Å². The van der Waals surface area contributed by atoms with Gasteiger partial charge >= 0.3 is 0 Å². The zero-order chi connectivity index (χ0) is 12.5. The molecule has 0 saturated carbocycles. The van der Waals surface area contributed by atoms with Crippen LogP contribution in [-0.4, -0.2) is 28.6 Å². The Morgan fingerprint density at radius 2 is 2.18 bits per heavy atom. The normalized spacial score (nSPS) is 11.4. The largest absolute Gasteiger partial charge is 0.296 e. The van der Waals surface area contributed by atoms with Crippen molar-refractivity contribution in [1.29, 1.82) is 0 Å². The zero-order valence-electron chi connectivity index (χ0n) is 8.90. The van der Waals surface area contributed by atoms with Crippen molar-refractivity contribution in [2.75, 3.05) is 4.72 Å². The van der Waals surface area contributed by atoms with E-state index in [9.17, 15) is 8.42 Å². The SMILES string of the molecule is Cc1nnnn1-c1cccc(NS(N)(=O)=O)c1. The topological polar surface area (TPSA) is 116 Å². The van der Waals surface area contributed by atoms with E-state index in [1.807, 2.05) is 0 Å². The molecule has 0 aliphatic heterocycles. The highest BCUT2D eigenvalue weighted by molar-refractivity contribution is 7.90. The summed E-state index contributed by atoms with van der Waals surface area (Å²) in [6.45, 7) is 1.74. The Balaban J connectivity index is 2.39. The fourth-order valence-corrected chi connectivity index (χ4v) is 1.79. The molecule has 17 heavy (non-hydrogen) atoms. The summed E-state index contributed by atoms with van der Waals surface area (Å²) in [7, 11) is -3.78. The van der Waals surface area contributed by atoms with Crippen molar-refractivity contribution < 1.29 is 8.42 Å². The standard InChI is InChI=1S/C8H10N6O2S/c1-6-10-12-13-14(6)8-4-2-3-7(5-8)11-17(9,15)16/h2-5,11H,1H3,(H2,9,15,16). The summed E-state index contributed by atoms with van der Waals surface area (Å²) in [5, 5.41) is 15.9. The number of nitrogens with two attached hydrogens (primary N) is 1. The van der Waals surface area contributed by atoms with E-state index in [0.29, 0.717) is 17.2 Å². The number of benzene rings is 1. The summed E-state index contributed by atoms with van der Waals surface area (Å²) in [6, 6.07) is 6.57. The molecule has 9 heteroatoms. The Bertz CT molecular complexity index is 635. The van der Waals surface area contributed by atoms with Crippen LogP contribution in [0.5, 0.6) is 0 Å². The molecular formula is C8H10N6O2S. The van der Waals surface area contributed by atoms with Gasteiger partial charge in [0.2, 0.25) is 0 Å². The van der Waals surface area contributed by atoms with E-state index >= 15 is 0 Å². The minimum atomic E-state index is -3.78. The van der Waals surface area contributed by atoms with Gasteiger partial charge in [0.05, 0.1) is 11.4 Å². The Labute approximate surface area is 97.6 Å². The highest BCUT2D eigenvalue weighted by atomic mass is 32.2. The molecule has 0 spiro atoms. The number of hydrogen-bond donors (Lipinski definition) is 2. The van der Waals surface area contributed by atoms with Gasteiger partial charge in [-0.2, -0.15) is 13.1 Å². The molecule has 0 fully saturated rings. The second-order valence-corrected chi connectivity index (χ2v) is 4.63. The Kier molecular flexibility index (Phi) is 2.77. The van der Waals surface area contributed by atoms with E-state index in [2.05, 4.69) is 20.2 Å². The Morgan fingerprint density at radius 3 is 2.76 bits per heavy atom. The quantitative estimate of drug-likeness (QED) is 0.772. The summed E-state index contributed by atoms with van der Waals surface area (Å²) >= 11 is 0. The molecule has 1 aromatic heterocycles. The number of tetrazole rings is 1. The zero-order valence-corrected chi connectivity index (χ0v) is 9.72. The molecule has 1 aromatic carbocycles. The lowest BCUT2D eigenvalue weighted by molar-refractivity contribution is 0.603. The number of nitrogens with one attached hydrogen (secondary N) is 1. The van der Waals surface area contributed by atoms with Crippen LogP contribution in [-0.2, 0) is 10.2 Å². The number of anilines is 1. The number of hydrogen-bond acceptors (Lipinski definition) is 5. The molecule has 0 unspecified atom stereocenters. The fraction of sp³-hybridized carbons (Fsp3) is 0.125. The Hall–Kier alpha value is -2.00. The third-order valence-electron chi connectivity index (χ3n) is 1.98. The van der Waals surface area contributed by atoms with E-state index in [1.165, 1.54) is 4.68 Å². The monoisotopic (exact) mass is 254 g/mol. The first kappa shape index (κ1) is 11.5. The van der Waals surface area contributed by atoms with Crippen molar-refractivity contribution in [2.45, 2.75) is 6.92 Å². The van der Waals surface area contributed by atoms with Crippen molar-refractivity contribution in [3.05, 3.63) is 30.1 Å². The molecule has 0 radical (unpaired) electrons. The molecule has 0 aliphatic rings. The predicted octanol–water partition coefficient (Wildman–Crippen LogP) is -0.414. The van der Waals surface area contributed by atoms with Crippen LogP contribution < -0.4 is 9.86 Å². The first-order valence-corrected chi connectivity index (χ1v) is 6.16. The second-order valence-electron chi connectivity index (χ2n) is 3.34. The smallest absolute Gasteiger partial charge is 0.271 e. The molecular weight excluding hydrogens is 244 g/mol. The second kappa shape index (κ2) is 4.11. The third kappa shape index (κ3) is 2.77.